The SMILES string of the molecule is COc1cc([C@@H]2c3cc4c(cc3[C@@H](O[C@@H]3O[C@H](CO)[C@@H](O)[C@H](O)[C@H]3O)[C@H]3COC(=O)[C@H]23)OCO4)cc(OC)c1OP(=O)(O)O. The van der Waals surface area contributed by atoms with E-state index in [4.69, 9.17) is 37.7 Å². The molecule has 2 aromatic carbocycles. The van der Waals surface area contributed by atoms with Gasteiger partial charge >= 0.3 is 13.8 Å². The summed E-state index contributed by atoms with van der Waals surface area (Å²) in [6, 6.07) is 6.27. The minimum Gasteiger partial charge on any atom is -0.493 e. The topological polar surface area (TPSA) is 229 Å². The van der Waals surface area contributed by atoms with Crippen LogP contribution in [0.25, 0.3) is 0 Å². The van der Waals surface area contributed by atoms with Crippen molar-refractivity contribution in [2.45, 2.75) is 42.7 Å². The van der Waals surface area contributed by atoms with Crippen LogP contribution >= 0.6 is 7.82 Å². The number of hydrogen-bond donors (Lipinski definition) is 6. The van der Waals surface area contributed by atoms with Gasteiger partial charge in [-0.3, -0.25) is 14.6 Å². The van der Waals surface area contributed by atoms with Crippen LogP contribution in [0.1, 0.15) is 28.7 Å². The van der Waals surface area contributed by atoms with Gasteiger partial charge in [-0.15, -0.1) is 0 Å². The van der Waals surface area contributed by atoms with Gasteiger partial charge in [0.1, 0.15) is 24.4 Å². The fourth-order valence-corrected chi connectivity index (χ4v) is 6.72. The van der Waals surface area contributed by atoms with E-state index in [0.29, 0.717) is 28.2 Å². The molecular formula is C27H31O16P. The van der Waals surface area contributed by atoms with Crippen molar-refractivity contribution in [2.75, 3.05) is 34.2 Å². The largest absolute Gasteiger partial charge is 0.525 e. The average Bonchev–Trinajstić information content (AvgIpc) is 3.61. The molecule has 16 nitrogen and oxygen atoms in total. The molecule has 17 heteroatoms. The van der Waals surface area contributed by atoms with E-state index in [1.54, 1.807) is 12.1 Å². The quantitative estimate of drug-likeness (QED) is 0.160. The van der Waals surface area contributed by atoms with Crippen molar-refractivity contribution in [1.29, 1.82) is 0 Å². The van der Waals surface area contributed by atoms with Crippen molar-refractivity contribution in [2.24, 2.45) is 11.8 Å². The lowest BCUT2D eigenvalue weighted by Crippen LogP contribution is -2.59. The minimum absolute atomic E-state index is 0.0634. The van der Waals surface area contributed by atoms with Crippen LogP contribution in [-0.2, 0) is 23.6 Å². The van der Waals surface area contributed by atoms with E-state index in [9.17, 15) is 39.6 Å². The third kappa shape index (κ3) is 5.25. The molecule has 0 aromatic heterocycles. The number of cyclic esters (lactones) is 1. The second-order valence-electron chi connectivity index (χ2n) is 10.7. The molecule has 2 fully saturated rings. The third-order valence-electron chi connectivity index (χ3n) is 8.30. The number of phosphoric ester groups is 1. The van der Waals surface area contributed by atoms with E-state index < -0.39 is 75.0 Å². The Morgan fingerprint density at radius 2 is 1.55 bits per heavy atom. The summed E-state index contributed by atoms with van der Waals surface area (Å²) in [5.74, 6) is -2.65. The first kappa shape index (κ1) is 30.8. The lowest BCUT2D eigenvalue weighted by molar-refractivity contribution is -0.317. The molecule has 6 N–H and O–H groups in total. The first-order valence-electron chi connectivity index (χ1n) is 13.5. The van der Waals surface area contributed by atoms with E-state index in [2.05, 4.69) is 0 Å². The van der Waals surface area contributed by atoms with Gasteiger partial charge in [0.05, 0.1) is 39.5 Å². The molecule has 3 aliphatic heterocycles. The monoisotopic (exact) mass is 642 g/mol. The number of rotatable bonds is 8. The summed E-state index contributed by atoms with van der Waals surface area (Å²) in [5, 5.41) is 41.0. The lowest BCUT2D eigenvalue weighted by atomic mass is 9.66. The Morgan fingerprint density at radius 1 is 0.909 bits per heavy atom. The van der Waals surface area contributed by atoms with Gasteiger partial charge in [-0.1, -0.05) is 0 Å². The Hall–Kier alpha value is -3.18. The standard InChI is InChI=1S/C27H31O16P/c1-36-16-3-10(4-17(37-2)25(16)43-44(33,34)35)19-11-5-14-15(40-9-39-14)6-12(11)24(13-8-38-26(32)20(13)19)42-27-23(31)22(30)21(29)18(7-28)41-27/h3-6,13,18-24,27-31H,7-9H2,1-2H3,(H2,33,34,35)/t13-,18+,19+,20-,21+,22-,23+,24+,27-/m0/s1. The van der Waals surface area contributed by atoms with Crippen molar-refractivity contribution >= 4 is 13.8 Å². The Labute approximate surface area is 249 Å². The van der Waals surface area contributed by atoms with Crippen LogP contribution < -0.4 is 23.5 Å². The van der Waals surface area contributed by atoms with Gasteiger partial charge in [0.25, 0.3) is 0 Å². The highest BCUT2D eigenvalue weighted by atomic mass is 31.2. The van der Waals surface area contributed by atoms with Crippen LogP contribution in [0.2, 0.25) is 0 Å². The summed E-state index contributed by atoms with van der Waals surface area (Å²) >= 11 is 0. The second kappa shape index (κ2) is 11.6. The van der Waals surface area contributed by atoms with Gasteiger partial charge in [-0.05, 0) is 41.0 Å². The number of benzene rings is 2. The minimum atomic E-state index is -5.01. The molecule has 0 bridgehead atoms. The molecule has 0 saturated carbocycles. The highest BCUT2D eigenvalue weighted by molar-refractivity contribution is 7.46. The van der Waals surface area contributed by atoms with E-state index in [1.165, 1.54) is 26.4 Å². The van der Waals surface area contributed by atoms with Gasteiger partial charge in [0, 0.05) is 11.8 Å². The molecule has 0 unspecified atom stereocenters. The highest BCUT2D eigenvalue weighted by Gasteiger charge is 2.55. The van der Waals surface area contributed by atoms with Crippen LogP contribution in [0.3, 0.4) is 0 Å². The molecule has 6 rings (SSSR count). The summed E-state index contributed by atoms with van der Waals surface area (Å²) in [6.07, 6.45) is -8.70. The van der Waals surface area contributed by atoms with E-state index >= 15 is 0 Å². The Morgan fingerprint density at radius 3 is 2.14 bits per heavy atom. The molecule has 2 aromatic rings. The molecule has 0 amide bonds. The summed E-state index contributed by atoms with van der Waals surface area (Å²) in [5.41, 5.74) is 1.47. The molecule has 1 aliphatic carbocycles. The molecular weight excluding hydrogens is 611 g/mol. The number of fused-ring (bicyclic) bond motifs is 3. The number of esters is 1. The van der Waals surface area contributed by atoms with E-state index in [1.807, 2.05) is 0 Å². The van der Waals surface area contributed by atoms with Crippen LogP contribution in [0.15, 0.2) is 24.3 Å². The van der Waals surface area contributed by atoms with Crippen molar-refractivity contribution in [3.63, 3.8) is 0 Å². The highest BCUT2D eigenvalue weighted by Crippen LogP contribution is 2.57. The predicted octanol–water partition coefficient (Wildman–Crippen LogP) is -0.304. The average molecular weight is 643 g/mol. The zero-order chi connectivity index (χ0) is 31.5. The van der Waals surface area contributed by atoms with Gasteiger partial charge in [-0.25, -0.2) is 4.57 Å². The summed E-state index contributed by atoms with van der Waals surface area (Å²) in [6.45, 7) is -0.818. The van der Waals surface area contributed by atoms with Crippen LogP contribution in [0.5, 0.6) is 28.7 Å². The molecule has 4 aliphatic rings. The van der Waals surface area contributed by atoms with Crippen molar-refractivity contribution in [3.05, 3.63) is 41.0 Å². The number of methoxy groups -OCH3 is 2. The Bertz CT molecular complexity index is 1450. The third-order valence-corrected chi connectivity index (χ3v) is 8.72. The number of aliphatic hydroxyl groups excluding tert-OH is 4. The first-order chi connectivity index (χ1) is 20.9. The Balaban J connectivity index is 1.48. The number of carbonyl (C=O) groups excluding carboxylic acids is 1. The van der Waals surface area contributed by atoms with Crippen LogP contribution in [0.4, 0.5) is 0 Å². The number of carbonyl (C=O) groups is 1. The maximum atomic E-state index is 13.4. The van der Waals surface area contributed by atoms with E-state index in [-0.39, 0.29) is 30.6 Å². The van der Waals surface area contributed by atoms with Crippen LogP contribution in [0, 0.1) is 11.8 Å². The van der Waals surface area contributed by atoms with Crippen LogP contribution in [-0.4, -0.2) is 101 Å². The molecule has 240 valence electrons. The maximum Gasteiger partial charge on any atom is 0.525 e. The fraction of sp³-hybridized carbons (Fsp3) is 0.519. The van der Waals surface area contributed by atoms with Gasteiger partial charge in [-0.2, -0.15) is 0 Å². The maximum absolute atomic E-state index is 13.4. The molecule has 44 heavy (non-hydrogen) atoms. The normalized spacial score (nSPS) is 32.5. The summed E-state index contributed by atoms with van der Waals surface area (Å²) < 4.78 is 55.9. The first-order valence-corrected chi connectivity index (χ1v) is 15.1. The molecule has 9 atom stereocenters. The van der Waals surface area contributed by atoms with E-state index in [0.717, 1.165) is 0 Å². The molecule has 0 spiro atoms. The van der Waals surface area contributed by atoms with Gasteiger partial charge in [0.2, 0.25) is 12.5 Å². The van der Waals surface area contributed by atoms with Crippen molar-refractivity contribution in [1.82, 2.24) is 0 Å². The van der Waals surface area contributed by atoms with Crippen molar-refractivity contribution < 1.29 is 77.3 Å². The summed E-state index contributed by atoms with van der Waals surface area (Å²) in [4.78, 5) is 32.3. The molecule has 0 radical (unpaired) electrons. The van der Waals surface area contributed by atoms with Crippen molar-refractivity contribution in [3.8, 4) is 28.7 Å². The van der Waals surface area contributed by atoms with Gasteiger partial charge < -0.3 is 58.1 Å². The molecule has 3 heterocycles. The fourth-order valence-electron chi connectivity index (χ4n) is 6.30. The predicted molar refractivity (Wildman–Crippen MR) is 142 cm³/mol. The number of ether oxygens (including phenoxy) is 7. The zero-order valence-electron chi connectivity index (χ0n) is 23.3. The smallest absolute Gasteiger partial charge is 0.493 e. The number of phosphoric acid groups is 1. The Kier molecular flexibility index (Phi) is 8.15. The lowest BCUT2D eigenvalue weighted by Gasteiger charge is -2.44. The second-order valence-corrected chi connectivity index (χ2v) is 11.9. The number of hydrogen-bond acceptors (Lipinski definition) is 14. The molecule has 2 saturated heterocycles. The van der Waals surface area contributed by atoms with Gasteiger partial charge in [0.15, 0.2) is 29.3 Å². The number of aliphatic hydroxyl groups is 4. The summed E-state index contributed by atoms with van der Waals surface area (Å²) in [7, 11) is -2.47. The zero-order valence-corrected chi connectivity index (χ0v) is 24.2.